The second-order valence-electron chi connectivity index (χ2n) is 6.68. The maximum atomic E-state index is 11.1. The molecule has 2 bridgehead atoms. The van der Waals surface area contributed by atoms with E-state index in [-0.39, 0.29) is 11.5 Å². The van der Waals surface area contributed by atoms with Gasteiger partial charge in [0.2, 0.25) is 0 Å². The highest BCUT2D eigenvalue weighted by Crippen LogP contribution is 2.54. The van der Waals surface area contributed by atoms with Crippen LogP contribution in [0.1, 0.15) is 47.6 Å². The van der Waals surface area contributed by atoms with Crippen molar-refractivity contribution < 1.29 is 9.84 Å². The monoisotopic (exact) mass is 275 g/mol. The van der Waals surface area contributed by atoms with Gasteiger partial charge in [-0.3, -0.25) is 0 Å². The number of aliphatic hydroxyl groups is 1. The number of ether oxygens (including phenoxy) is 1. The van der Waals surface area contributed by atoms with E-state index in [2.05, 4.69) is 32.9 Å². The zero-order valence-electron chi connectivity index (χ0n) is 12.6. The molecule has 2 heterocycles. The number of hydrogen-bond donors (Lipinski definition) is 2. The lowest BCUT2D eigenvalue weighted by molar-refractivity contribution is -0.0269. The Morgan fingerprint density at radius 2 is 1.95 bits per heavy atom. The number of rotatable bonds is 3. The number of benzene rings is 1. The zero-order chi connectivity index (χ0) is 14.5. The summed E-state index contributed by atoms with van der Waals surface area (Å²) in [6.07, 6.45) is 2.93. The normalized spacial score (nSPS) is 33.6. The molecule has 0 radical (unpaired) electrons. The summed E-state index contributed by atoms with van der Waals surface area (Å²) in [5, 5.41) is 11.1. The second kappa shape index (κ2) is 4.83. The topological polar surface area (TPSA) is 55.5 Å². The fourth-order valence-corrected chi connectivity index (χ4v) is 4.36. The smallest absolute Gasteiger partial charge is 0.0889 e. The van der Waals surface area contributed by atoms with E-state index < -0.39 is 6.10 Å². The first-order valence-corrected chi connectivity index (χ1v) is 7.59. The zero-order valence-corrected chi connectivity index (χ0v) is 12.6. The molecule has 20 heavy (non-hydrogen) atoms. The third-order valence-corrected chi connectivity index (χ3v) is 5.29. The average Bonchev–Trinajstić information content (AvgIpc) is 2.97. The molecule has 0 saturated carbocycles. The van der Waals surface area contributed by atoms with Crippen LogP contribution in [0.2, 0.25) is 0 Å². The minimum atomic E-state index is -0.525. The van der Waals surface area contributed by atoms with E-state index in [1.165, 1.54) is 5.56 Å². The van der Waals surface area contributed by atoms with E-state index in [9.17, 15) is 5.11 Å². The Balaban J connectivity index is 2.02. The van der Waals surface area contributed by atoms with Gasteiger partial charge < -0.3 is 15.6 Å². The number of aliphatic hydroxyl groups excluding tert-OH is 1. The molecule has 2 aliphatic heterocycles. The van der Waals surface area contributed by atoms with Crippen molar-refractivity contribution in [1.29, 1.82) is 0 Å². The molecule has 0 aliphatic carbocycles. The Hall–Kier alpha value is -0.900. The standard InChI is InChI=1S/C17H25NO2/c1-10-6-11(2)15(12(3)7-10)16(19)17(9-18)8-13-4-5-14(17)20-13/h6-7,13-14,16,19H,4-5,8-9,18H2,1-3H3. The molecule has 1 aromatic rings. The van der Waals surface area contributed by atoms with Gasteiger partial charge in [0.25, 0.3) is 0 Å². The van der Waals surface area contributed by atoms with Gasteiger partial charge in [0, 0.05) is 12.0 Å². The summed E-state index contributed by atoms with van der Waals surface area (Å²) in [6, 6.07) is 4.29. The summed E-state index contributed by atoms with van der Waals surface area (Å²) < 4.78 is 5.99. The molecular formula is C17H25NO2. The van der Waals surface area contributed by atoms with Gasteiger partial charge in [0.1, 0.15) is 0 Å². The number of nitrogens with two attached hydrogens (primary N) is 1. The SMILES string of the molecule is Cc1cc(C)c(C(O)C2(CN)CC3CCC2O3)c(C)c1. The summed E-state index contributed by atoms with van der Waals surface area (Å²) in [5.74, 6) is 0. The summed E-state index contributed by atoms with van der Waals surface area (Å²) in [4.78, 5) is 0. The van der Waals surface area contributed by atoms with Crippen LogP contribution in [0.5, 0.6) is 0 Å². The molecule has 0 spiro atoms. The largest absolute Gasteiger partial charge is 0.388 e. The second-order valence-corrected chi connectivity index (χ2v) is 6.68. The van der Waals surface area contributed by atoms with Crippen molar-refractivity contribution in [1.82, 2.24) is 0 Å². The van der Waals surface area contributed by atoms with Crippen LogP contribution in [0.4, 0.5) is 0 Å². The number of fused-ring (bicyclic) bond motifs is 2. The van der Waals surface area contributed by atoms with Crippen LogP contribution in [0, 0.1) is 26.2 Å². The Bertz CT molecular complexity index is 505. The van der Waals surface area contributed by atoms with Gasteiger partial charge in [0.05, 0.1) is 18.3 Å². The predicted octanol–water partition coefficient (Wildman–Crippen LogP) is 2.54. The minimum Gasteiger partial charge on any atom is -0.388 e. The first-order chi connectivity index (χ1) is 9.48. The highest BCUT2D eigenvalue weighted by Gasteiger charge is 2.56. The van der Waals surface area contributed by atoms with Crippen LogP contribution in [0.3, 0.4) is 0 Å². The first kappa shape index (κ1) is 14.1. The molecule has 2 fully saturated rings. The van der Waals surface area contributed by atoms with Gasteiger partial charge in [-0.15, -0.1) is 0 Å². The molecule has 0 amide bonds. The van der Waals surface area contributed by atoms with Gasteiger partial charge in [-0.2, -0.15) is 0 Å². The quantitative estimate of drug-likeness (QED) is 0.891. The van der Waals surface area contributed by atoms with Gasteiger partial charge >= 0.3 is 0 Å². The minimum absolute atomic E-state index is 0.118. The molecule has 3 rings (SSSR count). The van der Waals surface area contributed by atoms with Crippen molar-refractivity contribution in [2.75, 3.05) is 6.54 Å². The van der Waals surface area contributed by atoms with E-state index in [4.69, 9.17) is 10.5 Å². The molecule has 4 atom stereocenters. The summed E-state index contributed by atoms with van der Waals surface area (Å²) in [7, 11) is 0. The van der Waals surface area contributed by atoms with Gasteiger partial charge in [0.15, 0.2) is 0 Å². The van der Waals surface area contributed by atoms with E-state index in [1.54, 1.807) is 0 Å². The molecular weight excluding hydrogens is 250 g/mol. The molecule has 4 unspecified atom stereocenters. The molecule has 3 N–H and O–H groups in total. The van der Waals surface area contributed by atoms with Crippen molar-refractivity contribution in [2.24, 2.45) is 11.1 Å². The Morgan fingerprint density at radius 1 is 1.30 bits per heavy atom. The number of aryl methyl sites for hydroxylation is 3. The van der Waals surface area contributed by atoms with E-state index in [0.29, 0.717) is 12.6 Å². The lowest BCUT2D eigenvalue weighted by Gasteiger charge is -2.39. The van der Waals surface area contributed by atoms with Crippen molar-refractivity contribution in [3.05, 3.63) is 34.4 Å². The van der Waals surface area contributed by atoms with E-state index in [1.807, 2.05) is 0 Å². The van der Waals surface area contributed by atoms with Crippen molar-refractivity contribution in [2.45, 2.75) is 58.3 Å². The molecule has 2 aliphatic rings. The number of hydrogen-bond acceptors (Lipinski definition) is 3. The van der Waals surface area contributed by atoms with Crippen LogP contribution in [-0.2, 0) is 4.74 Å². The van der Waals surface area contributed by atoms with Gasteiger partial charge in [-0.05, 0) is 56.7 Å². The lowest BCUT2D eigenvalue weighted by atomic mass is 9.67. The Morgan fingerprint density at radius 3 is 2.40 bits per heavy atom. The third kappa shape index (κ3) is 1.92. The van der Waals surface area contributed by atoms with Crippen LogP contribution < -0.4 is 5.73 Å². The maximum absolute atomic E-state index is 11.1. The molecule has 3 nitrogen and oxygen atoms in total. The molecule has 1 aromatic carbocycles. The van der Waals surface area contributed by atoms with E-state index >= 15 is 0 Å². The van der Waals surface area contributed by atoms with Gasteiger partial charge in [-0.1, -0.05) is 17.7 Å². The van der Waals surface area contributed by atoms with Crippen LogP contribution in [-0.4, -0.2) is 23.9 Å². The highest BCUT2D eigenvalue weighted by atomic mass is 16.5. The van der Waals surface area contributed by atoms with Crippen molar-refractivity contribution >= 4 is 0 Å². The average molecular weight is 275 g/mol. The molecule has 0 aromatic heterocycles. The molecule has 2 saturated heterocycles. The Labute approximate surface area is 121 Å². The van der Waals surface area contributed by atoms with E-state index in [0.717, 1.165) is 36.0 Å². The molecule has 3 heteroatoms. The fourth-order valence-electron chi connectivity index (χ4n) is 4.36. The summed E-state index contributed by atoms with van der Waals surface area (Å²) >= 11 is 0. The van der Waals surface area contributed by atoms with Crippen LogP contribution >= 0.6 is 0 Å². The fraction of sp³-hybridized carbons (Fsp3) is 0.647. The highest BCUT2D eigenvalue weighted by molar-refractivity contribution is 5.40. The Kier molecular flexibility index (Phi) is 3.39. The van der Waals surface area contributed by atoms with Crippen molar-refractivity contribution in [3.63, 3.8) is 0 Å². The van der Waals surface area contributed by atoms with Crippen LogP contribution in [0.15, 0.2) is 12.1 Å². The predicted molar refractivity (Wildman–Crippen MR) is 79.6 cm³/mol. The lowest BCUT2D eigenvalue weighted by Crippen LogP contribution is -2.45. The summed E-state index contributed by atoms with van der Waals surface area (Å²) in [6.45, 7) is 6.74. The third-order valence-electron chi connectivity index (χ3n) is 5.29. The van der Waals surface area contributed by atoms with Gasteiger partial charge in [-0.25, -0.2) is 0 Å². The maximum Gasteiger partial charge on any atom is 0.0889 e. The van der Waals surface area contributed by atoms with Crippen molar-refractivity contribution in [3.8, 4) is 0 Å². The molecule has 110 valence electrons. The van der Waals surface area contributed by atoms with Crippen LogP contribution in [0.25, 0.3) is 0 Å². The first-order valence-electron chi connectivity index (χ1n) is 7.59. The summed E-state index contributed by atoms with van der Waals surface area (Å²) in [5.41, 5.74) is 10.4.